The van der Waals surface area contributed by atoms with Gasteiger partial charge in [-0.05, 0) is 30.8 Å². The molecular formula is C42H47ClN4O2SSi2. The van der Waals surface area contributed by atoms with Crippen molar-refractivity contribution in [2.24, 2.45) is 5.92 Å². The summed E-state index contributed by atoms with van der Waals surface area (Å²) in [5.74, 6) is 0.107. The molecule has 268 valence electrons. The van der Waals surface area contributed by atoms with Crippen molar-refractivity contribution in [2.75, 3.05) is 13.2 Å². The maximum absolute atomic E-state index is 7.62. The predicted molar refractivity (Wildman–Crippen MR) is 221 cm³/mol. The zero-order valence-corrected chi connectivity index (χ0v) is 34.3. The van der Waals surface area contributed by atoms with E-state index in [0.717, 1.165) is 5.65 Å². The lowest BCUT2D eigenvalue weighted by Gasteiger charge is -2.50. The zero-order valence-electron chi connectivity index (χ0n) is 30.7. The van der Waals surface area contributed by atoms with Crippen LogP contribution in [-0.2, 0) is 8.85 Å². The predicted octanol–water partition coefficient (Wildman–Crippen LogP) is 7.86. The van der Waals surface area contributed by atoms with Gasteiger partial charge in [-0.25, -0.2) is 15.0 Å². The number of nitrogens with zero attached hydrogens (tertiary/aromatic N) is 4. The highest BCUT2D eigenvalue weighted by Crippen LogP contribution is 2.53. The molecule has 0 N–H and O–H groups in total. The van der Waals surface area contributed by atoms with Crippen LogP contribution in [0, 0.1) is 5.92 Å². The van der Waals surface area contributed by atoms with E-state index in [1.807, 2.05) is 18.1 Å². The van der Waals surface area contributed by atoms with Crippen molar-refractivity contribution in [1.29, 1.82) is 0 Å². The minimum atomic E-state index is -2.81. The molecule has 0 aliphatic carbocycles. The third-order valence-corrected chi connectivity index (χ3v) is 22.5. The van der Waals surface area contributed by atoms with E-state index in [-0.39, 0.29) is 26.6 Å². The van der Waals surface area contributed by atoms with Gasteiger partial charge in [0, 0.05) is 24.4 Å². The number of imidazole rings is 1. The molecule has 6 aromatic rings. The minimum Gasteiger partial charge on any atom is -0.407 e. The van der Waals surface area contributed by atoms with Gasteiger partial charge in [0.1, 0.15) is 11.8 Å². The summed E-state index contributed by atoms with van der Waals surface area (Å²) in [5, 5.41) is 5.38. The summed E-state index contributed by atoms with van der Waals surface area (Å²) in [6, 6.07) is 43.5. The fraction of sp³-hybridized carbons (Fsp3) is 0.310. The molecule has 1 aliphatic heterocycles. The molecule has 0 bridgehead atoms. The Bertz CT molecular complexity index is 2010. The van der Waals surface area contributed by atoms with Gasteiger partial charge in [0.05, 0.1) is 11.7 Å². The molecule has 3 atom stereocenters. The number of rotatable bonds is 11. The summed E-state index contributed by atoms with van der Waals surface area (Å²) in [7, 11) is -5.57. The van der Waals surface area contributed by atoms with Gasteiger partial charge in [-0.1, -0.05) is 174 Å². The van der Waals surface area contributed by atoms with E-state index in [0.29, 0.717) is 23.9 Å². The van der Waals surface area contributed by atoms with Crippen LogP contribution in [0.4, 0.5) is 0 Å². The van der Waals surface area contributed by atoms with Crippen LogP contribution in [0.5, 0.6) is 0 Å². The Labute approximate surface area is 319 Å². The van der Waals surface area contributed by atoms with Gasteiger partial charge in [0.25, 0.3) is 16.6 Å². The zero-order chi connectivity index (χ0) is 36.6. The van der Waals surface area contributed by atoms with E-state index in [4.69, 9.17) is 20.5 Å². The number of halogens is 1. The number of fused-ring (bicyclic) bond motifs is 1. The Kier molecular flexibility index (Phi) is 10.4. The van der Waals surface area contributed by atoms with E-state index in [2.05, 4.69) is 182 Å². The summed E-state index contributed by atoms with van der Waals surface area (Å²) < 4.78 is 17.3. The molecule has 0 saturated carbocycles. The highest BCUT2D eigenvalue weighted by molar-refractivity contribution is 8.01. The molecule has 1 fully saturated rings. The standard InChI is InChI=1S/C42H47ClN4O2SSi2/c1-41(2,3)51(31-19-11-7-12-20-31,32-21-13-8-14-22-32)48-27-35-36(50-40(35)47-30-46-37-38(43)44-29-45-39(37)47)28-49-52(42(4,5)6,33-23-15-9-16-24-33)34-25-17-10-18-26-34/h7-26,29-30,35-36,40H,27-28H2,1-6H3/t35-,36-,40-/m1/s1. The van der Waals surface area contributed by atoms with Gasteiger partial charge in [-0.2, -0.15) is 0 Å². The Hall–Kier alpha value is -3.58. The topological polar surface area (TPSA) is 62.1 Å². The molecule has 1 aliphatic rings. The Morgan fingerprint density at radius 1 is 0.615 bits per heavy atom. The summed E-state index contributed by atoms with van der Waals surface area (Å²) in [6.07, 6.45) is 3.38. The van der Waals surface area contributed by atoms with Crippen molar-refractivity contribution in [3.05, 3.63) is 139 Å². The lowest BCUT2D eigenvalue weighted by Crippen LogP contribution is -2.68. The largest absolute Gasteiger partial charge is 0.407 e. The number of hydrogen-bond acceptors (Lipinski definition) is 6. The van der Waals surface area contributed by atoms with Gasteiger partial charge < -0.3 is 13.4 Å². The van der Waals surface area contributed by atoms with Crippen LogP contribution < -0.4 is 20.7 Å². The van der Waals surface area contributed by atoms with E-state index in [1.165, 1.54) is 27.1 Å². The van der Waals surface area contributed by atoms with Crippen molar-refractivity contribution in [2.45, 2.75) is 62.2 Å². The molecular weight excluding hydrogens is 716 g/mol. The van der Waals surface area contributed by atoms with E-state index >= 15 is 0 Å². The summed E-state index contributed by atoms with van der Waals surface area (Å²) >= 11 is 8.40. The van der Waals surface area contributed by atoms with Crippen LogP contribution in [0.25, 0.3) is 11.2 Å². The number of hydrogen-bond donors (Lipinski definition) is 0. The highest BCUT2D eigenvalue weighted by atomic mass is 35.5. The maximum atomic E-state index is 7.62. The van der Waals surface area contributed by atoms with Crippen LogP contribution in [0.2, 0.25) is 15.2 Å². The molecule has 0 radical (unpaired) electrons. The molecule has 2 aromatic heterocycles. The first-order valence-corrected chi connectivity index (χ1v) is 23.1. The maximum Gasteiger partial charge on any atom is 0.261 e. The molecule has 52 heavy (non-hydrogen) atoms. The van der Waals surface area contributed by atoms with E-state index < -0.39 is 16.6 Å². The first-order valence-electron chi connectivity index (χ1n) is 18.0. The first kappa shape index (κ1) is 36.8. The van der Waals surface area contributed by atoms with Crippen LogP contribution >= 0.6 is 23.4 Å². The Morgan fingerprint density at radius 2 is 1.04 bits per heavy atom. The third-order valence-electron chi connectivity index (χ3n) is 10.5. The van der Waals surface area contributed by atoms with Crippen LogP contribution in [-0.4, -0.2) is 54.6 Å². The second-order valence-corrected chi connectivity index (χ2v) is 26.0. The monoisotopic (exact) mass is 762 g/mol. The summed E-state index contributed by atoms with van der Waals surface area (Å²) in [4.78, 5) is 13.5. The third kappa shape index (κ3) is 6.50. The van der Waals surface area contributed by atoms with Crippen molar-refractivity contribution in [3.63, 3.8) is 0 Å². The minimum absolute atomic E-state index is 0.0296. The average Bonchev–Trinajstić information content (AvgIpc) is 3.56. The van der Waals surface area contributed by atoms with E-state index in [1.54, 1.807) is 0 Å². The molecule has 0 unspecified atom stereocenters. The van der Waals surface area contributed by atoms with Crippen molar-refractivity contribution in [3.8, 4) is 0 Å². The van der Waals surface area contributed by atoms with Crippen molar-refractivity contribution in [1.82, 2.24) is 19.5 Å². The quantitative estimate of drug-likeness (QED) is 0.0990. The molecule has 6 nitrogen and oxygen atoms in total. The molecule has 7 rings (SSSR count). The number of thioether (sulfide) groups is 1. The smallest absolute Gasteiger partial charge is 0.261 e. The lowest BCUT2D eigenvalue weighted by atomic mass is 10.0. The normalized spacial score (nSPS) is 18.3. The summed E-state index contributed by atoms with van der Waals surface area (Å²) in [6.45, 7) is 15.1. The van der Waals surface area contributed by atoms with Crippen LogP contribution in [0.15, 0.2) is 134 Å². The Morgan fingerprint density at radius 3 is 1.46 bits per heavy atom. The highest BCUT2D eigenvalue weighted by Gasteiger charge is 2.55. The number of aromatic nitrogens is 4. The van der Waals surface area contributed by atoms with Crippen LogP contribution in [0.1, 0.15) is 46.9 Å². The molecule has 10 heteroatoms. The average molecular weight is 764 g/mol. The molecule has 0 amide bonds. The first-order chi connectivity index (χ1) is 25.0. The fourth-order valence-electron chi connectivity index (χ4n) is 8.06. The van der Waals surface area contributed by atoms with Crippen molar-refractivity contribution >= 4 is 71.9 Å². The number of benzene rings is 4. The van der Waals surface area contributed by atoms with Crippen LogP contribution in [0.3, 0.4) is 0 Å². The molecule has 4 aromatic carbocycles. The van der Waals surface area contributed by atoms with Gasteiger partial charge >= 0.3 is 0 Å². The second-order valence-electron chi connectivity index (χ2n) is 15.7. The fourth-order valence-corrected chi connectivity index (χ4v) is 19.0. The SMILES string of the molecule is CC(C)(C)[Si](OC[C@H]1[C@H](n2cnc3c(Cl)ncnc32)S[C@@H]1CO[Si](c1ccccc1)(c1ccccc1)C(C)(C)C)(c1ccccc1)c1ccccc1. The molecule has 1 saturated heterocycles. The van der Waals surface area contributed by atoms with E-state index in [9.17, 15) is 0 Å². The van der Waals surface area contributed by atoms with Gasteiger partial charge in [0.15, 0.2) is 10.8 Å². The Balaban J connectivity index is 1.29. The van der Waals surface area contributed by atoms with Gasteiger partial charge in [-0.15, -0.1) is 11.8 Å². The second kappa shape index (κ2) is 14.7. The van der Waals surface area contributed by atoms with Gasteiger partial charge in [0.2, 0.25) is 0 Å². The van der Waals surface area contributed by atoms with Crippen molar-refractivity contribution < 1.29 is 8.85 Å². The summed E-state index contributed by atoms with van der Waals surface area (Å²) in [5.41, 5.74) is 1.35. The molecule has 3 heterocycles. The molecule has 0 spiro atoms. The van der Waals surface area contributed by atoms with Gasteiger partial charge in [-0.3, -0.25) is 0 Å². The lowest BCUT2D eigenvalue weighted by molar-refractivity contribution is 0.168.